The molecular weight excluding hydrogens is 200 g/mol. The molecular formula is C9H8N2O4. The second kappa shape index (κ2) is 4.04. The maximum atomic E-state index is 11.4. The van der Waals surface area contributed by atoms with Crippen molar-refractivity contribution in [2.75, 3.05) is 6.61 Å². The number of rotatable bonds is 2. The first-order valence-corrected chi connectivity index (χ1v) is 4.41. The van der Waals surface area contributed by atoms with E-state index in [2.05, 4.69) is 14.7 Å². The van der Waals surface area contributed by atoms with Crippen LogP contribution in [0.15, 0.2) is 18.6 Å². The maximum absolute atomic E-state index is 11.4. The minimum atomic E-state index is -0.806. The summed E-state index contributed by atoms with van der Waals surface area (Å²) in [6, 6.07) is 0. The van der Waals surface area contributed by atoms with E-state index < -0.39 is 18.0 Å². The van der Waals surface area contributed by atoms with Crippen LogP contribution in [-0.4, -0.2) is 34.6 Å². The number of cyclic esters (lactones) is 1. The van der Waals surface area contributed by atoms with Crippen molar-refractivity contribution >= 4 is 11.9 Å². The molecule has 1 fully saturated rings. The largest absolute Gasteiger partial charge is 0.463 e. The number of carbonyl (C=O) groups is 2. The zero-order chi connectivity index (χ0) is 10.7. The smallest absolute Gasteiger partial charge is 0.359 e. The van der Waals surface area contributed by atoms with E-state index in [1.54, 1.807) is 0 Å². The van der Waals surface area contributed by atoms with E-state index in [0.29, 0.717) is 6.42 Å². The van der Waals surface area contributed by atoms with Crippen LogP contribution in [0.2, 0.25) is 0 Å². The fraction of sp³-hybridized carbons (Fsp3) is 0.333. The molecule has 1 saturated heterocycles. The van der Waals surface area contributed by atoms with Crippen LogP contribution in [0, 0.1) is 0 Å². The number of hydrogen-bond acceptors (Lipinski definition) is 6. The van der Waals surface area contributed by atoms with Gasteiger partial charge in [-0.05, 0) is 0 Å². The van der Waals surface area contributed by atoms with Crippen molar-refractivity contribution in [2.45, 2.75) is 12.5 Å². The van der Waals surface area contributed by atoms with Crippen molar-refractivity contribution in [3.05, 3.63) is 24.3 Å². The molecule has 2 rings (SSSR count). The number of esters is 2. The molecule has 0 spiro atoms. The molecule has 1 aromatic rings. The molecule has 1 unspecified atom stereocenters. The van der Waals surface area contributed by atoms with E-state index in [1.165, 1.54) is 18.6 Å². The Bertz CT molecular complexity index is 379. The highest BCUT2D eigenvalue weighted by Crippen LogP contribution is 2.11. The Morgan fingerprint density at radius 1 is 1.53 bits per heavy atom. The van der Waals surface area contributed by atoms with Gasteiger partial charge in [-0.2, -0.15) is 0 Å². The molecule has 78 valence electrons. The van der Waals surface area contributed by atoms with Crippen molar-refractivity contribution < 1.29 is 19.1 Å². The van der Waals surface area contributed by atoms with Crippen LogP contribution in [-0.2, 0) is 14.3 Å². The molecule has 6 heteroatoms. The van der Waals surface area contributed by atoms with Crippen LogP contribution in [0.3, 0.4) is 0 Å². The summed E-state index contributed by atoms with van der Waals surface area (Å²) in [5.41, 5.74) is 0.0807. The van der Waals surface area contributed by atoms with Crippen LogP contribution in [0.25, 0.3) is 0 Å². The Labute approximate surface area is 85.2 Å². The van der Waals surface area contributed by atoms with Gasteiger partial charge in [0.15, 0.2) is 5.69 Å². The highest BCUT2D eigenvalue weighted by atomic mass is 16.6. The van der Waals surface area contributed by atoms with Gasteiger partial charge in [-0.1, -0.05) is 0 Å². The van der Waals surface area contributed by atoms with Gasteiger partial charge in [0.05, 0.1) is 12.8 Å². The highest BCUT2D eigenvalue weighted by Gasteiger charge is 2.30. The number of hydrogen-bond donors (Lipinski definition) is 0. The van der Waals surface area contributed by atoms with Gasteiger partial charge in [0.1, 0.15) is 0 Å². The molecule has 15 heavy (non-hydrogen) atoms. The minimum Gasteiger partial charge on any atom is -0.463 e. The lowest BCUT2D eigenvalue weighted by molar-refractivity contribution is -0.145. The van der Waals surface area contributed by atoms with Crippen LogP contribution >= 0.6 is 0 Å². The number of ether oxygens (including phenoxy) is 2. The molecule has 1 aromatic heterocycles. The Hall–Kier alpha value is -1.98. The molecule has 0 amide bonds. The van der Waals surface area contributed by atoms with Crippen molar-refractivity contribution in [2.24, 2.45) is 0 Å². The van der Waals surface area contributed by atoms with Crippen LogP contribution < -0.4 is 0 Å². The summed E-state index contributed by atoms with van der Waals surface area (Å²) in [6.07, 6.45) is 3.69. The fourth-order valence-electron chi connectivity index (χ4n) is 1.18. The predicted octanol–water partition coefficient (Wildman–Crippen LogP) is -0.0511. The second-order valence-corrected chi connectivity index (χ2v) is 2.94. The summed E-state index contributed by atoms with van der Waals surface area (Å²) in [5.74, 6) is -1.17. The van der Waals surface area contributed by atoms with Gasteiger partial charge in [0, 0.05) is 18.8 Å². The third kappa shape index (κ3) is 2.09. The minimum absolute atomic E-state index is 0.0807. The average molecular weight is 208 g/mol. The molecule has 1 aliphatic rings. The van der Waals surface area contributed by atoms with Crippen molar-refractivity contribution in [3.8, 4) is 0 Å². The summed E-state index contributed by atoms with van der Waals surface area (Å²) in [5, 5.41) is 0. The molecule has 0 saturated carbocycles. The molecule has 0 bridgehead atoms. The summed E-state index contributed by atoms with van der Waals surface area (Å²) >= 11 is 0. The lowest BCUT2D eigenvalue weighted by Crippen LogP contribution is -2.23. The van der Waals surface area contributed by atoms with E-state index in [4.69, 9.17) is 4.74 Å². The molecule has 6 nitrogen and oxygen atoms in total. The molecule has 0 aliphatic carbocycles. The van der Waals surface area contributed by atoms with E-state index in [9.17, 15) is 9.59 Å². The molecule has 0 aromatic carbocycles. The highest BCUT2D eigenvalue weighted by molar-refractivity contribution is 5.89. The number of nitrogens with zero attached hydrogens (tertiary/aromatic N) is 2. The lowest BCUT2D eigenvalue weighted by Gasteiger charge is -2.06. The summed E-state index contributed by atoms with van der Waals surface area (Å²) in [7, 11) is 0. The van der Waals surface area contributed by atoms with Gasteiger partial charge in [-0.25, -0.2) is 14.6 Å². The molecule has 1 atom stereocenters. The topological polar surface area (TPSA) is 78.4 Å². The van der Waals surface area contributed by atoms with E-state index in [1.807, 2.05) is 0 Å². The summed E-state index contributed by atoms with van der Waals surface area (Å²) in [4.78, 5) is 29.9. The first-order chi connectivity index (χ1) is 7.27. The third-order valence-corrected chi connectivity index (χ3v) is 1.91. The van der Waals surface area contributed by atoms with E-state index in [0.717, 1.165) is 0 Å². The van der Waals surface area contributed by atoms with Gasteiger partial charge < -0.3 is 9.47 Å². The van der Waals surface area contributed by atoms with Crippen molar-refractivity contribution in [3.63, 3.8) is 0 Å². The van der Waals surface area contributed by atoms with E-state index in [-0.39, 0.29) is 12.3 Å². The van der Waals surface area contributed by atoms with Crippen LogP contribution in [0.4, 0.5) is 0 Å². The zero-order valence-electron chi connectivity index (χ0n) is 7.75. The predicted molar refractivity (Wildman–Crippen MR) is 46.8 cm³/mol. The first kappa shape index (κ1) is 9.57. The Kier molecular flexibility index (Phi) is 2.57. The van der Waals surface area contributed by atoms with Crippen molar-refractivity contribution in [1.29, 1.82) is 0 Å². The zero-order valence-corrected chi connectivity index (χ0v) is 7.75. The third-order valence-electron chi connectivity index (χ3n) is 1.91. The average Bonchev–Trinajstić information content (AvgIpc) is 2.66. The molecule has 0 radical (unpaired) electrons. The quantitative estimate of drug-likeness (QED) is 0.634. The van der Waals surface area contributed by atoms with Gasteiger partial charge in [0.25, 0.3) is 0 Å². The summed E-state index contributed by atoms with van der Waals surface area (Å²) in [6.45, 7) is 0.289. The monoisotopic (exact) mass is 208 g/mol. The number of aromatic nitrogens is 2. The second-order valence-electron chi connectivity index (χ2n) is 2.94. The van der Waals surface area contributed by atoms with E-state index >= 15 is 0 Å². The Morgan fingerprint density at radius 2 is 2.40 bits per heavy atom. The van der Waals surface area contributed by atoms with Crippen molar-refractivity contribution in [1.82, 2.24) is 9.97 Å². The Morgan fingerprint density at radius 3 is 3.00 bits per heavy atom. The fourth-order valence-corrected chi connectivity index (χ4v) is 1.18. The number of carbonyl (C=O) groups excluding carboxylic acids is 2. The molecule has 0 N–H and O–H groups in total. The van der Waals surface area contributed by atoms with Crippen LogP contribution in [0.1, 0.15) is 16.9 Å². The Balaban J connectivity index is 2.01. The SMILES string of the molecule is O=C(OC1CCOC1=O)c1cnccn1. The molecule has 1 aliphatic heterocycles. The van der Waals surface area contributed by atoms with Gasteiger partial charge >= 0.3 is 11.9 Å². The van der Waals surface area contributed by atoms with Gasteiger partial charge in [-0.15, -0.1) is 0 Å². The van der Waals surface area contributed by atoms with Gasteiger partial charge in [-0.3, -0.25) is 4.98 Å². The normalized spacial score (nSPS) is 19.7. The maximum Gasteiger partial charge on any atom is 0.359 e. The summed E-state index contributed by atoms with van der Waals surface area (Å²) < 4.78 is 9.54. The van der Waals surface area contributed by atoms with Crippen LogP contribution in [0.5, 0.6) is 0 Å². The van der Waals surface area contributed by atoms with Gasteiger partial charge in [0.2, 0.25) is 6.10 Å². The first-order valence-electron chi connectivity index (χ1n) is 4.41. The standard InChI is InChI=1S/C9H8N2O4/c12-8(6-5-10-2-3-11-6)15-7-1-4-14-9(7)13/h2-3,5,7H,1,4H2. The molecule has 2 heterocycles. The lowest BCUT2D eigenvalue weighted by atomic mass is 10.3.